The number of likely N-dealkylation sites (tertiary alicyclic amines) is 1. The van der Waals surface area contributed by atoms with E-state index in [0.717, 1.165) is 18.7 Å². The molecule has 2 rings (SSSR count). The minimum Gasteiger partial charge on any atom is -0.493 e. The Hall–Kier alpha value is -1.95. The highest BCUT2D eigenvalue weighted by atomic mass is 16.5. The number of rotatable bonds is 7. The SMILES string of the molecule is COc1cc(CNC(=O)C[NH+]2C[C@H](C)C[C@@H](C)C2)cc(OC)c1OC. The number of hydrogen-bond acceptors (Lipinski definition) is 4. The highest BCUT2D eigenvalue weighted by molar-refractivity contribution is 5.76. The molecule has 6 heteroatoms. The van der Waals surface area contributed by atoms with Gasteiger partial charge in [0, 0.05) is 18.4 Å². The minimum atomic E-state index is 0.0741. The Bertz CT molecular complexity index is 556. The standard InChI is InChI=1S/C19H30N2O4/c1-13-6-14(2)11-21(10-13)12-18(22)20-9-15-7-16(23-3)19(25-5)17(8-15)24-4/h7-8,13-14H,6,9-12H2,1-5H3,(H,20,22)/p+1/t13-,14-/m1/s1. The summed E-state index contributed by atoms with van der Waals surface area (Å²) in [6.45, 7) is 7.64. The van der Waals surface area contributed by atoms with Crippen molar-refractivity contribution in [1.29, 1.82) is 0 Å². The van der Waals surface area contributed by atoms with E-state index in [2.05, 4.69) is 19.2 Å². The molecule has 0 aliphatic carbocycles. The van der Waals surface area contributed by atoms with Crippen LogP contribution in [0.2, 0.25) is 0 Å². The van der Waals surface area contributed by atoms with Crippen LogP contribution in [0.1, 0.15) is 25.8 Å². The maximum absolute atomic E-state index is 12.3. The Morgan fingerprint density at radius 3 is 2.12 bits per heavy atom. The van der Waals surface area contributed by atoms with Crippen LogP contribution in [0.25, 0.3) is 0 Å². The van der Waals surface area contributed by atoms with Crippen molar-refractivity contribution in [2.24, 2.45) is 11.8 Å². The topological polar surface area (TPSA) is 61.2 Å². The van der Waals surface area contributed by atoms with Crippen molar-refractivity contribution in [3.8, 4) is 17.2 Å². The maximum Gasteiger partial charge on any atom is 0.275 e. The number of nitrogens with one attached hydrogen (secondary N) is 2. The normalized spacial score (nSPS) is 23.0. The summed E-state index contributed by atoms with van der Waals surface area (Å²) < 4.78 is 16.0. The smallest absolute Gasteiger partial charge is 0.275 e. The monoisotopic (exact) mass is 351 g/mol. The van der Waals surface area contributed by atoms with Crippen LogP contribution in [-0.4, -0.2) is 46.9 Å². The van der Waals surface area contributed by atoms with Gasteiger partial charge in [-0.3, -0.25) is 4.79 Å². The van der Waals surface area contributed by atoms with Gasteiger partial charge in [0.15, 0.2) is 18.0 Å². The summed E-state index contributed by atoms with van der Waals surface area (Å²) in [6, 6.07) is 3.72. The fourth-order valence-electron chi connectivity index (χ4n) is 3.79. The Balaban J connectivity index is 1.95. The molecule has 0 aromatic heterocycles. The lowest BCUT2D eigenvalue weighted by Crippen LogP contribution is -3.15. The van der Waals surface area contributed by atoms with E-state index in [1.54, 1.807) is 21.3 Å². The van der Waals surface area contributed by atoms with E-state index in [1.165, 1.54) is 11.3 Å². The van der Waals surface area contributed by atoms with Gasteiger partial charge < -0.3 is 24.4 Å². The molecular weight excluding hydrogens is 320 g/mol. The van der Waals surface area contributed by atoms with Crippen molar-refractivity contribution in [1.82, 2.24) is 5.32 Å². The first-order valence-electron chi connectivity index (χ1n) is 8.85. The van der Waals surface area contributed by atoms with Gasteiger partial charge in [-0.1, -0.05) is 13.8 Å². The molecule has 0 unspecified atom stereocenters. The Morgan fingerprint density at radius 2 is 1.64 bits per heavy atom. The molecular formula is C19H31N2O4+. The second-order valence-corrected chi connectivity index (χ2v) is 7.09. The second-order valence-electron chi connectivity index (χ2n) is 7.09. The number of quaternary nitrogens is 1. The predicted molar refractivity (Wildman–Crippen MR) is 96.5 cm³/mol. The summed E-state index contributed by atoms with van der Waals surface area (Å²) in [5.41, 5.74) is 0.915. The van der Waals surface area contributed by atoms with Crippen LogP contribution in [-0.2, 0) is 11.3 Å². The van der Waals surface area contributed by atoms with Crippen molar-refractivity contribution < 1.29 is 23.9 Å². The highest BCUT2D eigenvalue weighted by Gasteiger charge is 2.26. The predicted octanol–water partition coefficient (Wildman–Crippen LogP) is 0.889. The third-order valence-electron chi connectivity index (χ3n) is 4.70. The van der Waals surface area contributed by atoms with E-state index >= 15 is 0 Å². The van der Waals surface area contributed by atoms with Crippen LogP contribution >= 0.6 is 0 Å². The van der Waals surface area contributed by atoms with E-state index < -0.39 is 0 Å². The lowest BCUT2D eigenvalue weighted by Gasteiger charge is -2.31. The molecule has 1 aromatic rings. The van der Waals surface area contributed by atoms with Gasteiger partial charge in [0.1, 0.15) is 0 Å². The Morgan fingerprint density at radius 1 is 1.08 bits per heavy atom. The zero-order valence-corrected chi connectivity index (χ0v) is 16.0. The number of piperidine rings is 1. The number of ether oxygens (including phenoxy) is 3. The van der Waals surface area contributed by atoms with E-state index in [4.69, 9.17) is 14.2 Å². The van der Waals surface area contributed by atoms with Gasteiger partial charge in [-0.05, 0) is 24.1 Å². The molecule has 2 N–H and O–H groups in total. The lowest BCUT2D eigenvalue weighted by molar-refractivity contribution is -0.904. The van der Waals surface area contributed by atoms with Gasteiger partial charge in [0.2, 0.25) is 5.75 Å². The van der Waals surface area contributed by atoms with Crippen molar-refractivity contribution in [2.45, 2.75) is 26.8 Å². The number of amides is 1. The summed E-state index contributed by atoms with van der Waals surface area (Å²) in [5.74, 6) is 3.18. The summed E-state index contributed by atoms with van der Waals surface area (Å²) in [4.78, 5) is 13.7. The summed E-state index contributed by atoms with van der Waals surface area (Å²) in [5, 5.41) is 3.00. The average molecular weight is 351 g/mol. The van der Waals surface area contributed by atoms with Crippen LogP contribution in [0.5, 0.6) is 17.2 Å². The molecule has 1 aromatic carbocycles. The molecule has 0 spiro atoms. The van der Waals surface area contributed by atoms with E-state index in [9.17, 15) is 4.79 Å². The quantitative estimate of drug-likeness (QED) is 0.766. The lowest BCUT2D eigenvalue weighted by atomic mass is 9.92. The maximum atomic E-state index is 12.3. The molecule has 25 heavy (non-hydrogen) atoms. The molecule has 1 aliphatic rings. The van der Waals surface area contributed by atoms with Crippen LogP contribution in [0.3, 0.4) is 0 Å². The number of benzene rings is 1. The summed E-state index contributed by atoms with van der Waals surface area (Å²) in [7, 11) is 4.74. The first-order valence-corrected chi connectivity index (χ1v) is 8.85. The fourth-order valence-corrected chi connectivity index (χ4v) is 3.79. The van der Waals surface area contributed by atoms with Gasteiger partial charge in [0.05, 0.1) is 34.4 Å². The molecule has 2 atom stereocenters. The summed E-state index contributed by atoms with van der Waals surface area (Å²) >= 11 is 0. The Labute approximate surface area is 150 Å². The molecule has 6 nitrogen and oxygen atoms in total. The van der Waals surface area contributed by atoms with Gasteiger partial charge in [-0.25, -0.2) is 0 Å². The molecule has 140 valence electrons. The molecule has 0 bridgehead atoms. The van der Waals surface area contributed by atoms with Gasteiger partial charge in [-0.2, -0.15) is 0 Å². The second kappa shape index (κ2) is 8.94. The molecule has 1 heterocycles. The number of methoxy groups -OCH3 is 3. The average Bonchev–Trinajstić information content (AvgIpc) is 2.57. The molecule has 0 saturated carbocycles. The first kappa shape index (κ1) is 19.4. The van der Waals surface area contributed by atoms with Crippen LogP contribution in [0, 0.1) is 11.8 Å². The van der Waals surface area contributed by atoms with Crippen LogP contribution in [0.15, 0.2) is 12.1 Å². The van der Waals surface area contributed by atoms with Gasteiger partial charge >= 0.3 is 0 Å². The van der Waals surface area contributed by atoms with Crippen molar-refractivity contribution in [3.63, 3.8) is 0 Å². The van der Waals surface area contributed by atoms with Gasteiger partial charge in [0.25, 0.3) is 5.91 Å². The van der Waals surface area contributed by atoms with Crippen molar-refractivity contribution in [3.05, 3.63) is 17.7 Å². The number of hydrogen-bond donors (Lipinski definition) is 2. The molecule has 1 fully saturated rings. The third-order valence-corrected chi connectivity index (χ3v) is 4.70. The molecule has 1 aliphatic heterocycles. The minimum absolute atomic E-state index is 0.0741. The van der Waals surface area contributed by atoms with Crippen molar-refractivity contribution >= 4 is 5.91 Å². The molecule has 0 radical (unpaired) electrons. The number of carbonyl (C=O) groups is 1. The van der Waals surface area contributed by atoms with Gasteiger partial charge in [-0.15, -0.1) is 0 Å². The van der Waals surface area contributed by atoms with E-state index in [-0.39, 0.29) is 5.91 Å². The summed E-state index contributed by atoms with van der Waals surface area (Å²) in [6.07, 6.45) is 1.26. The zero-order valence-electron chi connectivity index (χ0n) is 16.0. The van der Waals surface area contributed by atoms with Crippen molar-refractivity contribution in [2.75, 3.05) is 41.0 Å². The molecule has 1 amide bonds. The van der Waals surface area contributed by atoms with Crippen LogP contribution < -0.4 is 24.4 Å². The Kier molecular flexibility index (Phi) is 6.93. The fraction of sp³-hybridized carbons (Fsp3) is 0.632. The van der Waals surface area contributed by atoms with Crippen LogP contribution in [0.4, 0.5) is 0 Å². The highest BCUT2D eigenvalue weighted by Crippen LogP contribution is 2.38. The largest absolute Gasteiger partial charge is 0.493 e. The number of carbonyl (C=O) groups excluding carboxylic acids is 1. The third kappa shape index (κ3) is 5.26. The molecule has 1 saturated heterocycles. The zero-order chi connectivity index (χ0) is 18.4. The first-order chi connectivity index (χ1) is 12.0. The van der Waals surface area contributed by atoms with E-state index in [1.807, 2.05) is 12.1 Å². The van der Waals surface area contributed by atoms with E-state index in [0.29, 0.717) is 42.2 Å².